The Labute approximate surface area is 137 Å². The third kappa shape index (κ3) is 5.76. The van der Waals surface area contributed by atoms with Crippen LogP contribution in [0.5, 0.6) is 0 Å². The monoisotopic (exact) mass is 350 g/mol. The quantitative estimate of drug-likeness (QED) is 0.500. The van der Waals surface area contributed by atoms with Crippen LogP contribution in [-0.4, -0.2) is 61.3 Å². The molecule has 2 unspecified atom stereocenters. The zero-order valence-electron chi connectivity index (χ0n) is 13.6. The molecule has 1 saturated heterocycles. The van der Waals surface area contributed by atoms with Gasteiger partial charge in [0.05, 0.1) is 0 Å². The molecule has 0 spiro atoms. The summed E-state index contributed by atoms with van der Waals surface area (Å²) >= 11 is 0. The van der Waals surface area contributed by atoms with Crippen molar-refractivity contribution in [3.8, 4) is 0 Å². The Hall–Kier alpha value is -2.23. The molecule has 1 aliphatic heterocycles. The zero-order chi connectivity index (χ0) is 18.4. The third-order valence-electron chi connectivity index (χ3n) is 2.93. The highest BCUT2D eigenvalue weighted by atomic mass is 19.1. The molecule has 0 saturated carbocycles. The summed E-state index contributed by atoms with van der Waals surface area (Å²) in [6.45, 7) is 3.85. The lowest BCUT2D eigenvalue weighted by Crippen LogP contribution is -2.61. The molecular formula is C14H19FO9. The van der Waals surface area contributed by atoms with E-state index in [-0.39, 0.29) is 0 Å². The largest absolute Gasteiger partial charge is 0.463 e. The lowest BCUT2D eigenvalue weighted by molar-refractivity contribution is -0.277. The standard InChI is InChI=1S/C14H19FO9/c1-6(16)20-5-10-11(21-7(2)17)12(22-8(3)18)13(14(15)24-10)23-9(4)19/h10-14H,5H2,1-4H3/t10?,11-,12?,13-,14+/m1/s1. The first kappa shape index (κ1) is 19.8. The van der Waals surface area contributed by atoms with Crippen LogP contribution >= 0.6 is 0 Å². The van der Waals surface area contributed by atoms with Crippen molar-refractivity contribution >= 4 is 23.9 Å². The van der Waals surface area contributed by atoms with Gasteiger partial charge >= 0.3 is 23.9 Å². The van der Waals surface area contributed by atoms with Gasteiger partial charge in [-0.2, -0.15) is 0 Å². The highest BCUT2D eigenvalue weighted by Gasteiger charge is 2.52. The van der Waals surface area contributed by atoms with Gasteiger partial charge in [0.2, 0.25) is 6.36 Å². The fourth-order valence-electron chi connectivity index (χ4n) is 2.18. The van der Waals surface area contributed by atoms with Crippen molar-refractivity contribution in [1.82, 2.24) is 0 Å². The van der Waals surface area contributed by atoms with Gasteiger partial charge in [0.25, 0.3) is 0 Å². The summed E-state index contributed by atoms with van der Waals surface area (Å²) in [5.74, 6) is -3.09. The number of hydrogen-bond acceptors (Lipinski definition) is 9. The fraction of sp³-hybridized carbons (Fsp3) is 0.714. The van der Waals surface area contributed by atoms with Gasteiger partial charge in [0.15, 0.2) is 18.3 Å². The van der Waals surface area contributed by atoms with E-state index in [4.69, 9.17) is 23.7 Å². The lowest BCUT2D eigenvalue weighted by atomic mass is 9.98. The number of ether oxygens (including phenoxy) is 5. The number of esters is 4. The fourth-order valence-corrected chi connectivity index (χ4v) is 2.18. The maximum absolute atomic E-state index is 14.2. The van der Waals surface area contributed by atoms with Crippen molar-refractivity contribution in [2.75, 3.05) is 6.61 Å². The van der Waals surface area contributed by atoms with Crippen LogP contribution in [0.4, 0.5) is 4.39 Å². The molecule has 9 nitrogen and oxygen atoms in total. The van der Waals surface area contributed by atoms with Crippen LogP contribution in [0.1, 0.15) is 27.7 Å². The molecule has 0 aromatic rings. The van der Waals surface area contributed by atoms with Crippen LogP contribution in [0.25, 0.3) is 0 Å². The summed E-state index contributed by atoms with van der Waals surface area (Å²) in [5.41, 5.74) is 0. The van der Waals surface area contributed by atoms with E-state index in [1.807, 2.05) is 0 Å². The average Bonchev–Trinajstić information content (AvgIpc) is 2.42. The molecule has 0 aromatic heterocycles. The van der Waals surface area contributed by atoms with Crippen molar-refractivity contribution in [2.24, 2.45) is 0 Å². The van der Waals surface area contributed by atoms with Gasteiger partial charge in [-0.1, -0.05) is 0 Å². The number of alkyl halides is 1. The highest BCUT2D eigenvalue weighted by Crippen LogP contribution is 2.29. The summed E-state index contributed by atoms with van der Waals surface area (Å²) in [7, 11) is 0. The van der Waals surface area contributed by atoms with Crippen molar-refractivity contribution < 1.29 is 47.3 Å². The van der Waals surface area contributed by atoms with Crippen LogP contribution < -0.4 is 0 Å². The van der Waals surface area contributed by atoms with Crippen LogP contribution in [0.2, 0.25) is 0 Å². The number of halogens is 1. The Bertz CT molecular complexity index is 506. The number of hydrogen-bond donors (Lipinski definition) is 0. The Morgan fingerprint density at radius 1 is 0.792 bits per heavy atom. The second kappa shape index (κ2) is 8.57. The predicted molar refractivity (Wildman–Crippen MR) is 73.1 cm³/mol. The summed E-state index contributed by atoms with van der Waals surface area (Å²) in [4.78, 5) is 44.7. The molecule has 0 amide bonds. The molecule has 0 aromatic carbocycles. The molecular weight excluding hydrogens is 331 g/mol. The first-order valence-corrected chi connectivity index (χ1v) is 7.06. The Balaban J connectivity index is 3.11. The van der Waals surface area contributed by atoms with Crippen molar-refractivity contribution in [2.45, 2.75) is 58.5 Å². The summed E-state index contributed by atoms with van der Waals surface area (Å²) < 4.78 is 38.7. The number of carbonyl (C=O) groups is 4. The van der Waals surface area contributed by atoms with Crippen molar-refractivity contribution in [1.29, 1.82) is 0 Å². The molecule has 5 atom stereocenters. The molecule has 0 bridgehead atoms. The number of carbonyl (C=O) groups excluding carboxylic acids is 4. The molecule has 24 heavy (non-hydrogen) atoms. The second-order valence-electron chi connectivity index (χ2n) is 5.05. The first-order chi connectivity index (χ1) is 11.1. The van der Waals surface area contributed by atoms with E-state index in [9.17, 15) is 23.6 Å². The molecule has 1 aliphatic rings. The SMILES string of the molecule is CC(=O)OCC1O[C@H](F)[C@H](OC(C)=O)C(OC(C)=O)[C@@H]1OC(C)=O. The minimum atomic E-state index is -2.18. The van der Waals surface area contributed by atoms with E-state index < -0.39 is 61.3 Å². The van der Waals surface area contributed by atoms with Crippen LogP contribution in [0, 0.1) is 0 Å². The highest BCUT2D eigenvalue weighted by molar-refractivity contribution is 5.68. The van der Waals surface area contributed by atoms with Gasteiger partial charge in [-0.25, -0.2) is 4.39 Å². The summed E-state index contributed by atoms with van der Waals surface area (Å²) in [5, 5.41) is 0. The van der Waals surface area contributed by atoms with E-state index in [0.717, 1.165) is 27.7 Å². The van der Waals surface area contributed by atoms with Gasteiger partial charge in [-0.3, -0.25) is 19.2 Å². The molecule has 1 rings (SSSR count). The average molecular weight is 350 g/mol. The summed E-state index contributed by atoms with van der Waals surface area (Å²) in [6.07, 6.45) is -7.85. The normalized spacial score (nSPS) is 29.3. The minimum Gasteiger partial charge on any atom is -0.463 e. The molecule has 1 fully saturated rings. The molecule has 10 heteroatoms. The Morgan fingerprint density at radius 3 is 1.71 bits per heavy atom. The van der Waals surface area contributed by atoms with E-state index >= 15 is 0 Å². The van der Waals surface area contributed by atoms with Gasteiger partial charge in [-0.15, -0.1) is 0 Å². The third-order valence-corrected chi connectivity index (χ3v) is 2.93. The molecule has 0 radical (unpaired) electrons. The van der Waals surface area contributed by atoms with E-state index in [0.29, 0.717) is 0 Å². The minimum absolute atomic E-state index is 0.446. The van der Waals surface area contributed by atoms with Crippen LogP contribution in [-0.2, 0) is 42.9 Å². The Kier molecular flexibility index (Phi) is 7.08. The Morgan fingerprint density at radius 2 is 1.25 bits per heavy atom. The second-order valence-corrected chi connectivity index (χ2v) is 5.05. The maximum Gasteiger partial charge on any atom is 0.303 e. The van der Waals surface area contributed by atoms with E-state index in [1.165, 1.54) is 0 Å². The van der Waals surface area contributed by atoms with Gasteiger partial charge in [-0.05, 0) is 0 Å². The maximum atomic E-state index is 14.2. The lowest BCUT2D eigenvalue weighted by Gasteiger charge is -2.41. The van der Waals surface area contributed by atoms with Gasteiger partial charge < -0.3 is 23.7 Å². The smallest absolute Gasteiger partial charge is 0.303 e. The topological polar surface area (TPSA) is 114 Å². The van der Waals surface area contributed by atoms with Crippen LogP contribution in [0.3, 0.4) is 0 Å². The molecule has 0 N–H and O–H groups in total. The predicted octanol–water partition coefficient (Wildman–Crippen LogP) is 0.0390. The van der Waals surface area contributed by atoms with E-state index in [1.54, 1.807) is 0 Å². The van der Waals surface area contributed by atoms with Gasteiger partial charge in [0.1, 0.15) is 12.7 Å². The molecule has 1 heterocycles. The number of rotatable bonds is 5. The molecule has 0 aliphatic carbocycles. The van der Waals surface area contributed by atoms with Crippen molar-refractivity contribution in [3.05, 3.63) is 0 Å². The zero-order valence-corrected chi connectivity index (χ0v) is 13.6. The van der Waals surface area contributed by atoms with Crippen LogP contribution in [0.15, 0.2) is 0 Å². The summed E-state index contributed by atoms with van der Waals surface area (Å²) in [6, 6.07) is 0. The first-order valence-electron chi connectivity index (χ1n) is 7.06. The van der Waals surface area contributed by atoms with E-state index in [2.05, 4.69) is 0 Å². The van der Waals surface area contributed by atoms with Gasteiger partial charge in [0, 0.05) is 27.7 Å². The molecule has 136 valence electrons. The van der Waals surface area contributed by atoms with Crippen molar-refractivity contribution in [3.63, 3.8) is 0 Å².